The molecule has 1 atom stereocenters. The van der Waals surface area contributed by atoms with Crippen molar-refractivity contribution in [2.24, 2.45) is 0 Å². The number of rotatable bonds is 10. The largest absolute Gasteiger partial charge is 0.497 e. The van der Waals surface area contributed by atoms with Gasteiger partial charge in [-0.25, -0.2) is 0 Å². The number of aromatic nitrogens is 1. The molecule has 0 fully saturated rings. The SMILES string of the molecule is COc1ccc(C(CNC(=O)CNC(=O)COc2ccccc2)c2c[nH]c3ccccc23)cc1. The van der Waals surface area contributed by atoms with Crippen molar-refractivity contribution in [3.8, 4) is 11.5 Å². The fourth-order valence-electron chi connectivity index (χ4n) is 3.80. The number of nitrogens with one attached hydrogen (secondary N) is 3. The first-order valence-corrected chi connectivity index (χ1v) is 11.0. The molecular formula is C27H27N3O4. The van der Waals surface area contributed by atoms with Crippen molar-refractivity contribution in [2.45, 2.75) is 5.92 Å². The van der Waals surface area contributed by atoms with Gasteiger partial charge in [-0.2, -0.15) is 0 Å². The number of hydrogen-bond acceptors (Lipinski definition) is 4. The maximum atomic E-state index is 12.5. The van der Waals surface area contributed by atoms with Crippen molar-refractivity contribution in [3.05, 3.63) is 96.2 Å². The minimum atomic E-state index is -0.359. The monoisotopic (exact) mass is 457 g/mol. The maximum absolute atomic E-state index is 12.5. The van der Waals surface area contributed by atoms with Crippen molar-refractivity contribution in [3.63, 3.8) is 0 Å². The molecule has 0 bridgehead atoms. The number of fused-ring (bicyclic) bond motifs is 1. The third-order valence-corrected chi connectivity index (χ3v) is 5.58. The average Bonchev–Trinajstić information content (AvgIpc) is 3.31. The Balaban J connectivity index is 1.38. The van der Waals surface area contributed by atoms with Gasteiger partial charge in [0.25, 0.3) is 5.91 Å². The summed E-state index contributed by atoms with van der Waals surface area (Å²) in [6.45, 7) is 0.102. The van der Waals surface area contributed by atoms with E-state index in [1.807, 2.05) is 66.9 Å². The third kappa shape index (κ3) is 5.75. The standard InChI is InChI=1S/C27H27N3O4/c1-33-20-13-11-19(12-14-20)23(24-16-28-25-10-6-5-9-22(24)25)15-29-26(31)17-30-27(32)18-34-21-7-3-2-4-8-21/h2-14,16,23,28H,15,17-18H2,1H3,(H,29,31)(H,30,32). The lowest BCUT2D eigenvalue weighted by Gasteiger charge is -2.19. The molecule has 0 aliphatic rings. The number of carbonyl (C=O) groups is 2. The number of carbonyl (C=O) groups excluding carboxylic acids is 2. The molecule has 3 aromatic carbocycles. The summed E-state index contributed by atoms with van der Waals surface area (Å²) in [5.41, 5.74) is 3.17. The molecule has 1 heterocycles. The molecule has 174 valence electrons. The molecule has 4 rings (SSSR count). The zero-order valence-electron chi connectivity index (χ0n) is 18.9. The van der Waals surface area contributed by atoms with Gasteiger partial charge < -0.3 is 25.1 Å². The van der Waals surface area contributed by atoms with Crippen molar-refractivity contribution in [1.29, 1.82) is 0 Å². The summed E-state index contributed by atoms with van der Waals surface area (Å²) in [5.74, 6) is 0.658. The Morgan fingerprint density at radius 2 is 1.59 bits per heavy atom. The van der Waals surface area contributed by atoms with Gasteiger partial charge in [0.15, 0.2) is 6.61 Å². The highest BCUT2D eigenvalue weighted by atomic mass is 16.5. The third-order valence-electron chi connectivity index (χ3n) is 5.58. The molecule has 34 heavy (non-hydrogen) atoms. The molecule has 0 aliphatic heterocycles. The van der Waals surface area contributed by atoms with Crippen molar-refractivity contribution in [1.82, 2.24) is 15.6 Å². The van der Waals surface area contributed by atoms with E-state index in [-0.39, 0.29) is 30.9 Å². The predicted molar refractivity (Wildman–Crippen MR) is 131 cm³/mol. The van der Waals surface area contributed by atoms with E-state index < -0.39 is 0 Å². The molecule has 0 saturated heterocycles. The Labute approximate surface area is 198 Å². The lowest BCUT2D eigenvalue weighted by molar-refractivity contribution is -0.127. The number of hydrogen-bond donors (Lipinski definition) is 3. The van der Waals surface area contributed by atoms with E-state index in [1.165, 1.54) is 0 Å². The Kier molecular flexibility index (Phi) is 7.45. The number of methoxy groups -OCH3 is 1. The molecule has 0 radical (unpaired) electrons. The number of H-pyrrole nitrogens is 1. The zero-order valence-corrected chi connectivity index (χ0v) is 18.9. The van der Waals surface area contributed by atoms with Gasteiger partial charge in [-0.3, -0.25) is 9.59 Å². The van der Waals surface area contributed by atoms with Crippen LogP contribution < -0.4 is 20.1 Å². The van der Waals surface area contributed by atoms with Crippen LogP contribution in [0.4, 0.5) is 0 Å². The van der Waals surface area contributed by atoms with Crippen LogP contribution in [0.15, 0.2) is 85.1 Å². The van der Waals surface area contributed by atoms with Crippen LogP contribution in [-0.4, -0.2) is 43.6 Å². The van der Waals surface area contributed by atoms with E-state index in [4.69, 9.17) is 9.47 Å². The molecule has 3 N–H and O–H groups in total. The lowest BCUT2D eigenvalue weighted by Crippen LogP contribution is -2.40. The number of para-hydroxylation sites is 2. The van der Waals surface area contributed by atoms with Crippen LogP contribution in [0.3, 0.4) is 0 Å². The first-order chi connectivity index (χ1) is 16.6. The van der Waals surface area contributed by atoms with Gasteiger partial charge >= 0.3 is 0 Å². The van der Waals surface area contributed by atoms with Crippen LogP contribution in [0.2, 0.25) is 0 Å². The summed E-state index contributed by atoms with van der Waals surface area (Å²) in [5, 5.41) is 6.65. The van der Waals surface area contributed by atoms with Crippen LogP contribution >= 0.6 is 0 Å². The summed E-state index contributed by atoms with van der Waals surface area (Å²) in [7, 11) is 1.63. The molecular weight excluding hydrogens is 430 g/mol. The number of ether oxygens (including phenoxy) is 2. The fourth-order valence-corrected chi connectivity index (χ4v) is 3.80. The fraction of sp³-hybridized carbons (Fsp3) is 0.185. The van der Waals surface area contributed by atoms with E-state index in [0.29, 0.717) is 12.3 Å². The number of aromatic amines is 1. The maximum Gasteiger partial charge on any atom is 0.258 e. The van der Waals surface area contributed by atoms with E-state index in [1.54, 1.807) is 19.2 Å². The minimum absolute atomic E-state index is 0.0804. The van der Waals surface area contributed by atoms with Crippen LogP contribution in [0.1, 0.15) is 17.0 Å². The molecule has 0 spiro atoms. The molecule has 4 aromatic rings. The molecule has 2 amide bonds. The molecule has 0 aliphatic carbocycles. The van der Waals surface area contributed by atoms with E-state index in [9.17, 15) is 9.59 Å². The first-order valence-electron chi connectivity index (χ1n) is 11.0. The Bertz CT molecular complexity index is 1240. The first kappa shape index (κ1) is 22.9. The molecule has 1 aromatic heterocycles. The van der Waals surface area contributed by atoms with E-state index in [0.717, 1.165) is 27.8 Å². The van der Waals surface area contributed by atoms with Gasteiger partial charge in [0.05, 0.1) is 13.7 Å². The summed E-state index contributed by atoms with van der Waals surface area (Å²) >= 11 is 0. The Morgan fingerprint density at radius 1 is 0.853 bits per heavy atom. The summed E-state index contributed by atoms with van der Waals surface area (Å²) < 4.78 is 10.7. The second kappa shape index (κ2) is 11.0. The van der Waals surface area contributed by atoms with Crippen LogP contribution in [0, 0.1) is 0 Å². The Morgan fingerprint density at radius 3 is 2.35 bits per heavy atom. The van der Waals surface area contributed by atoms with Gasteiger partial charge in [-0.05, 0) is 41.5 Å². The van der Waals surface area contributed by atoms with Gasteiger partial charge in [0.1, 0.15) is 11.5 Å². The van der Waals surface area contributed by atoms with Crippen LogP contribution in [-0.2, 0) is 9.59 Å². The summed E-state index contributed by atoms with van der Waals surface area (Å²) in [6.07, 6.45) is 1.98. The van der Waals surface area contributed by atoms with Crippen molar-refractivity contribution >= 4 is 22.7 Å². The highest BCUT2D eigenvalue weighted by Crippen LogP contribution is 2.31. The normalized spacial score (nSPS) is 11.6. The quantitative estimate of drug-likeness (QED) is 0.339. The Hall–Kier alpha value is -4.26. The summed E-state index contributed by atoms with van der Waals surface area (Å²) in [6, 6.07) is 24.9. The van der Waals surface area contributed by atoms with Gasteiger partial charge in [0, 0.05) is 29.6 Å². The molecule has 7 heteroatoms. The number of benzene rings is 3. The highest BCUT2D eigenvalue weighted by molar-refractivity contribution is 5.86. The second-order valence-corrected chi connectivity index (χ2v) is 7.80. The summed E-state index contributed by atoms with van der Waals surface area (Å²) in [4.78, 5) is 27.8. The van der Waals surface area contributed by atoms with Crippen molar-refractivity contribution in [2.75, 3.05) is 26.8 Å². The van der Waals surface area contributed by atoms with Crippen molar-refractivity contribution < 1.29 is 19.1 Å². The predicted octanol–water partition coefficient (Wildman–Crippen LogP) is 3.62. The van der Waals surface area contributed by atoms with E-state index in [2.05, 4.69) is 21.7 Å². The smallest absolute Gasteiger partial charge is 0.258 e. The topological polar surface area (TPSA) is 92.5 Å². The number of amides is 2. The highest BCUT2D eigenvalue weighted by Gasteiger charge is 2.19. The molecule has 0 saturated carbocycles. The molecule has 1 unspecified atom stereocenters. The van der Waals surface area contributed by atoms with Crippen LogP contribution in [0.25, 0.3) is 10.9 Å². The van der Waals surface area contributed by atoms with E-state index >= 15 is 0 Å². The molecule has 7 nitrogen and oxygen atoms in total. The zero-order chi connectivity index (χ0) is 23.8. The van der Waals surface area contributed by atoms with Crippen LogP contribution in [0.5, 0.6) is 11.5 Å². The second-order valence-electron chi connectivity index (χ2n) is 7.80. The van der Waals surface area contributed by atoms with Gasteiger partial charge in [-0.15, -0.1) is 0 Å². The van der Waals surface area contributed by atoms with Gasteiger partial charge in [0.2, 0.25) is 5.91 Å². The average molecular weight is 458 g/mol. The minimum Gasteiger partial charge on any atom is -0.497 e. The lowest BCUT2D eigenvalue weighted by atomic mass is 9.91. The van der Waals surface area contributed by atoms with Gasteiger partial charge in [-0.1, -0.05) is 48.5 Å².